The minimum Gasteiger partial charge on any atom is -0.308 e. The molecule has 0 radical (unpaired) electrons. The van der Waals surface area contributed by atoms with Gasteiger partial charge in [0.25, 0.3) is 35.4 Å². The number of carbonyl (C=O) groups excluding carboxylic acids is 6. The molecule has 0 N–H and O–H groups in total. The number of nitrogens with zero attached hydrogens (tertiary/aromatic N) is 6. The van der Waals surface area contributed by atoms with E-state index >= 15 is 28.8 Å². The van der Waals surface area contributed by atoms with Crippen LogP contribution in [0.1, 0.15) is 412 Å². The van der Waals surface area contributed by atoms with E-state index in [1.54, 1.807) is 32.9 Å². The topological polar surface area (TPSA) is 122 Å². The molecule has 4 aliphatic heterocycles. The van der Waals surface area contributed by atoms with Crippen LogP contribution < -0.4 is 29.4 Å². The highest BCUT2D eigenvalue weighted by atomic mass is 16.2. The molecule has 8 rings (SSSR count). The summed E-state index contributed by atoms with van der Waals surface area (Å²) in [5.74, 6) is -2.05. The molecule has 0 saturated carbocycles. The molecule has 0 spiro atoms. The zero-order valence-corrected chi connectivity index (χ0v) is 65.2. The molecule has 0 fully saturated rings. The monoisotopic (exact) mass is 1400 g/mol. The third-order valence-electron chi connectivity index (χ3n) is 21.9. The first-order chi connectivity index (χ1) is 50.0. The van der Waals surface area contributed by atoms with Crippen molar-refractivity contribution in [1.29, 1.82) is 0 Å². The van der Waals surface area contributed by atoms with Gasteiger partial charge in [-0.25, -0.2) is 0 Å². The zero-order chi connectivity index (χ0) is 72.5. The van der Waals surface area contributed by atoms with Gasteiger partial charge in [-0.3, -0.25) is 28.8 Å². The SMILES string of the molecule is CCCCCCCCCCN1C(=O)c2cc3cc(c2)C(=O)N(CCCCCCCCCC)c2cc4cc(c2)N(CCCCCCCCCC)C(=O)c2cc(cc(c2)N(CCCCCCCCCC)C(=O)c2cc1cc(c2)N(CCCCCCCCCC)C4=O)N(CCCCCCCCCC)C3=O. The van der Waals surface area contributed by atoms with E-state index in [1.807, 2.05) is 69.3 Å². The fraction of sp³-hybridized carbons (Fsp3) is 0.667. The number of hydrogen-bond donors (Lipinski definition) is 0. The molecule has 0 aliphatic carbocycles. The van der Waals surface area contributed by atoms with Crippen LogP contribution >= 0.6 is 0 Å². The second kappa shape index (κ2) is 47.9. The van der Waals surface area contributed by atoms with E-state index in [-0.39, 0.29) is 52.1 Å². The lowest BCUT2D eigenvalue weighted by molar-refractivity contribution is 0.0971. The van der Waals surface area contributed by atoms with Crippen LogP contribution in [0.25, 0.3) is 0 Å². The molecule has 12 bridgehead atoms. The second-order valence-electron chi connectivity index (χ2n) is 30.6. The maximum absolute atomic E-state index is 16.7. The highest BCUT2D eigenvalue weighted by molar-refractivity contribution is 6.18. The maximum atomic E-state index is 16.7. The average Bonchev–Trinajstić information content (AvgIpc) is 1.40. The van der Waals surface area contributed by atoms with E-state index in [1.165, 1.54) is 135 Å². The maximum Gasteiger partial charge on any atom is 0.258 e. The van der Waals surface area contributed by atoms with Crippen molar-refractivity contribution >= 4 is 69.6 Å². The fourth-order valence-electron chi connectivity index (χ4n) is 15.5. The van der Waals surface area contributed by atoms with Gasteiger partial charge < -0.3 is 29.4 Å². The molecule has 0 atom stereocenters. The Hall–Kier alpha value is -6.30. The molecule has 4 aromatic rings. The van der Waals surface area contributed by atoms with Gasteiger partial charge >= 0.3 is 0 Å². The number of rotatable bonds is 54. The summed E-state index contributed by atoms with van der Waals surface area (Å²) in [6.45, 7) is 15.4. The van der Waals surface area contributed by atoms with Crippen molar-refractivity contribution in [3.05, 3.63) is 106 Å². The van der Waals surface area contributed by atoms with Gasteiger partial charge in [0.2, 0.25) is 0 Å². The predicted octanol–water partition coefficient (Wildman–Crippen LogP) is 25.4. The number of unbranched alkanes of at least 4 members (excludes halogenated alkanes) is 42. The first-order valence-electron chi connectivity index (χ1n) is 42.5. The number of hydrogen-bond acceptors (Lipinski definition) is 6. The molecule has 0 saturated heterocycles. The number of fused-ring (bicyclic) bond motifs is 6. The van der Waals surface area contributed by atoms with E-state index in [0.717, 1.165) is 135 Å². The second-order valence-corrected chi connectivity index (χ2v) is 30.6. The van der Waals surface area contributed by atoms with Crippen molar-refractivity contribution in [2.75, 3.05) is 68.7 Å². The minimum absolute atomic E-state index is 0.203. The van der Waals surface area contributed by atoms with Crippen LogP contribution in [-0.4, -0.2) is 74.7 Å². The number of carbonyl (C=O) groups is 6. The zero-order valence-electron chi connectivity index (χ0n) is 65.2. The van der Waals surface area contributed by atoms with E-state index in [4.69, 9.17) is 0 Å². The summed E-state index contributed by atoms with van der Waals surface area (Å²) in [6.07, 6.45) is 50.7. The van der Waals surface area contributed by atoms with Crippen molar-refractivity contribution in [3.63, 3.8) is 0 Å². The van der Waals surface area contributed by atoms with Gasteiger partial charge in [0.1, 0.15) is 0 Å². The van der Waals surface area contributed by atoms with Gasteiger partial charge in [-0.2, -0.15) is 0 Å². The summed E-state index contributed by atoms with van der Waals surface area (Å²) in [5.41, 5.74) is 4.57. The van der Waals surface area contributed by atoms with Crippen LogP contribution in [0.2, 0.25) is 0 Å². The molecule has 12 heteroatoms. The molecular weight excluding hydrogens is 1260 g/mol. The Morgan fingerprint density at radius 3 is 0.412 bits per heavy atom. The Labute approximate surface area is 619 Å². The third-order valence-corrected chi connectivity index (χ3v) is 21.9. The van der Waals surface area contributed by atoms with Crippen LogP contribution in [0.15, 0.2) is 72.8 Å². The van der Waals surface area contributed by atoms with Gasteiger partial charge in [-0.15, -0.1) is 0 Å². The molecule has 4 aromatic carbocycles. The third kappa shape index (κ3) is 26.7. The predicted molar refractivity (Wildman–Crippen MR) is 431 cm³/mol. The smallest absolute Gasteiger partial charge is 0.258 e. The quantitative estimate of drug-likeness (QED) is 0.0406. The summed E-state index contributed by atoms with van der Waals surface area (Å²) >= 11 is 0. The summed E-state index contributed by atoms with van der Waals surface area (Å²) in [6, 6.07) is 22.1. The first-order valence-corrected chi connectivity index (χ1v) is 42.5. The molecule has 0 unspecified atom stereocenters. The van der Waals surface area contributed by atoms with Crippen LogP contribution in [0.4, 0.5) is 34.1 Å². The molecule has 6 amide bonds. The number of amides is 6. The number of benzene rings is 4. The Bertz CT molecular complexity index is 2820. The summed E-state index contributed by atoms with van der Waals surface area (Å²) in [7, 11) is 0. The highest BCUT2D eigenvalue weighted by Crippen LogP contribution is 2.38. The standard InChI is InChI=1S/C90H138N6O6/c1-7-13-19-25-31-37-43-49-55-91-79-64-76-67-82(70-79)94(58-52-46-40-34-28-22-16-10-4)89(101)77-65-80-72-84(68-77)96(60-54-48-42-36-30-24-18-12-6)90(102)78-66-81(71-83(69-78)95(88(76)100)59-53-47-41-35-29-23-17-11-5)93(57-51-45-39-33-27-21-15-9-3)87(99)75-62-73(85(91)97)61-74(63-75)86(98)92(80)56-50-44-38-32-26-20-14-8-2/h61-72H,7-60H2,1-6H3. The summed E-state index contributed by atoms with van der Waals surface area (Å²) in [4.78, 5) is 110. The van der Waals surface area contributed by atoms with Crippen LogP contribution in [-0.2, 0) is 0 Å². The van der Waals surface area contributed by atoms with E-state index in [9.17, 15) is 0 Å². The molecule has 4 aliphatic rings. The van der Waals surface area contributed by atoms with E-state index in [0.29, 0.717) is 129 Å². The molecule has 12 nitrogen and oxygen atoms in total. The van der Waals surface area contributed by atoms with Gasteiger partial charge in [-0.05, 0) is 111 Å². The van der Waals surface area contributed by atoms with E-state index < -0.39 is 0 Å². The molecule has 0 aromatic heterocycles. The van der Waals surface area contributed by atoms with E-state index in [2.05, 4.69) is 41.5 Å². The largest absolute Gasteiger partial charge is 0.308 e. The summed E-state index contributed by atoms with van der Waals surface area (Å²) < 4.78 is 0. The van der Waals surface area contributed by atoms with Crippen molar-refractivity contribution in [1.82, 2.24) is 0 Å². The molecule has 102 heavy (non-hydrogen) atoms. The Kier molecular flexibility index (Phi) is 39.0. The van der Waals surface area contributed by atoms with Crippen molar-refractivity contribution < 1.29 is 28.8 Å². The normalized spacial score (nSPS) is 13.9. The molecule has 564 valence electrons. The van der Waals surface area contributed by atoms with Gasteiger partial charge in [0.15, 0.2) is 0 Å². The lowest BCUT2D eigenvalue weighted by Crippen LogP contribution is -2.36. The summed E-state index contributed by atoms with van der Waals surface area (Å²) in [5, 5.41) is 0. The van der Waals surface area contributed by atoms with Crippen LogP contribution in [0.5, 0.6) is 0 Å². The Balaban J connectivity index is 1.55. The van der Waals surface area contributed by atoms with Crippen LogP contribution in [0, 0.1) is 0 Å². The average molecular weight is 1400 g/mol. The first kappa shape index (κ1) is 83.0. The number of anilines is 6. The molecule has 4 heterocycles. The van der Waals surface area contributed by atoms with Crippen molar-refractivity contribution in [2.24, 2.45) is 0 Å². The van der Waals surface area contributed by atoms with Crippen molar-refractivity contribution in [3.8, 4) is 0 Å². The molecular formula is C90H138N6O6. The van der Waals surface area contributed by atoms with Gasteiger partial charge in [0, 0.05) is 107 Å². The van der Waals surface area contributed by atoms with Crippen LogP contribution in [0.3, 0.4) is 0 Å². The fourth-order valence-corrected chi connectivity index (χ4v) is 15.5. The lowest BCUT2D eigenvalue weighted by Gasteiger charge is -2.30. The van der Waals surface area contributed by atoms with Gasteiger partial charge in [0.05, 0.1) is 0 Å². The highest BCUT2D eigenvalue weighted by Gasteiger charge is 2.34. The van der Waals surface area contributed by atoms with Gasteiger partial charge in [-0.1, -0.05) is 311 Å². The van der Waals surface area contributed by atoms with Crippen molar-refractivity contribution in [2.45, 2.75) is 350 Å². The Morgan fingerprint density at radius 2 is 0.275 bits per heavy atom. The lowest BCUT2D eigenvalue weighted by atomic mass is 10.0. The Morgan fingerprint density at radius 1 is 0.157 bits per heavy atom. The minimum atomic E-state index is -0.381.